The maximum Gasteiger partial charge on any atom is 0.319 e. The van der Waals surface area contributed by atoms with Crippen LogP contribution in [-0.4, -0.2) is 39.7 Å². The highest BCUT2D eigenvalue weighted by atomic mass is 19.3. The summed E-state index contributed by atoms with van der Waals surface area (Å²) in [4.78, 5) is 14.2. The number of carbonyl (C=O) groups excluding carboxylic acids is 1. The van der Waals surface area contributed by atoms with Gasteiger partial charge in [-0.05, 0) is 37.8 Å². The molecule has 3 rings (SSSR count). The van der Waals surface area contributed by atoms with Gasteiger partial charge in [-0.2, -0.15) is 8.78 Å². The molecule has 0 bridgehead atoms. The predicted octanol–water partition coefficient (Wildman–Crippen LogP) is 2.65. The Morgan fingerprint density at radius 3 is 2.81 bits per heavy atom. The molecular formula is C15H20F2N2O2. The summed E-state index contributed by atoms with van der Waals surface area (Å²) in [6.45, 7) is -1.67. The van der Waals surface area contributed by atoms with Crippen LogP contribution in [0.5, 0.6) is 0 Å². The number of alkyl halides is 2. The van der Waals surface area contributed by atoms with E-state index in [2.05, 4.69) is 0 Å². The predicted molar refractivity (Wildman–Crippen MR) is 73.1 cm³/mol. The first-order chi connectivity index (χ1) is 10.0. The normalized spacial score (nSPS) is 29.5. The first-order valence-corrected chi connectivity index (χ1v) is 7.46. The van der Waals surface area contributed by atoms with Crippen LogP contribution in [0.3, 0.4) is 0 Å². The van der Waals surface area contributed by atoms with Crippen LogP contribution in [-0.2, 0) is 0 Å². The lowest BCUT2D eigenvalue weighted by Gasteiger charge is -2.42. The van der Waals surface area contributed by atoms with Crippen molar-refractivity contribution in [2.45, 2.75) is 44.8 Å². The maximum absolute atomic E-state index is 12.9. The standard InChI is InChI=1S/C15H20F2N2O2/c16-14(17)19-9-2-4-11(19)13(21)18-8-3-7-15(10-18)6-1-5-12(15)20/h2,4,9,12,14,20H,1,3,5-8,10H2/t12-,15-/m1/s1. The molecule has 2 atom stereocenters. The highest BCUT2D eigenvalue weighted by Crippen LogP contribution is 2.45. The monoisotopic (exact) mass is 298 g/mol. The molecule has 2 fully saturated rings. The third-order valence-corrected chi connectivity index (χ3v) is 4.96. The minimum Gasteiger partial charge on any atom is -0.392 e. The van der Waals surface area contributed by atoms with Gasteiger partial charge >= 0.3 is 6.55 Å². The largest absolute Gasteiger partial charge is 0.392 e. The van der Waals surface area contributed by atoms with Crippen LogP contribution < -0.4 is 0 Å². The summed E-state index contributed by atoms with van der Waals surface area (Å²) in [5, 5.41) is 10.2. The molecule has 1 aromatic heterocycles. The number of aliphatic hydroxyl groups is 1. The Labute approximate surface area is 122 Å². The summed E-state index contributed by atoms with van der Waals surface area (Å²) in [7, 11) is 0. The van der Waals surface area contributed by atoms with Crippen LogP contribution in [0.25, 0.3) is 0 Å². The second kappa shape index (κ2) is 5.40. The summed E-state index contributed by atoms with van der Waals surface area (Å²) in [6.07, 6.45) is 5.23. The molecule has 1 saturated heterocycles. The lowest BCUT2D eigenvalue weighted by molar-refractivity contribution is -0.00672. The van der Waals surface area contributed by atoms with Crippen molar-refractivity contribution in [3.63, 3.8) is 0 Å². The smallest absolute Gasteiger partial charge is 0.319 e. The van der Waals surface area contributed by atoms with Crippen LogP contribution >= 0.6 is 0 Å². The number of rotatable bonds is 2. The summed E-state index contributed by atoms with van der Waals surface area (Å²) in [5.74, 6) is -0.363. The molecular weight excluding hydrogens is 278 g/mol. The van der Waals surface area contributed by atoms with Crippen molar-refractivity contribution in [1.82, 2.24) is 9.47 Å². The fraction of sp³-hybridized carbons (Fsp3) is 0.667. The summed E-state index contributed by atoms with van der Waals surface area (Å²) >= 11 is 0. The van der Waals surface area contributed by atoms with Gasteiger partial charge in [0.1, 0.15) is 5.69 Å². The number of halogens is 2. The zero-order valence-corrected chi connectivity index (χ0v) is 11.8. The molecule has 6 heteroatoms. The molecule has 4 nitrogen and oxygen atoms in total. The molecule has 2 heterocycles. The van der Waals surface area contributed by atoms with E-state index in [4.69, 9.17) is 0 Å². The van der Waals surface area contributed by atoms with E-state index in [9.17, 15) is 18.7 Å². The van der Waals surface area contributed by atoms with Gasteiger partial charge in [0.15, 0.2) is 0 Å². The van der Waals surface area contributed by atoms with Gasteiger partial charge in [-0.15, -0.1) is 0 Å². The first kappa shape index (κ1) is 14.5. The lowest BCUT2D eigenvalue weighted by Crippen LogP contribution is -2.49. The molecule has 1 amide bonds. The van der Waals surface area contributed by atoms with Crippen LogP contribution in [0, 0.1) is 5.41 Å². The highest BCUT2D eigenvalue weighted by Gasteiger charge is 2.45. The van der Waals surface area contributed by atoms with Gasteiger partial charge in [-0.1, -0.05) is 6.42 Å². The summed E-state index contributed by atoms with van der Waals surface area (Å²) in [6, 6.07) is 2.89. The average molecular weight is 298 g/mol. The van der Waals surface area contributed by atoms with Crippen molar-refractivity contribution in [2.24, 2.45) is 5.41 Å². The van der Waals surface area contributed by atoms with E-state index in [0.29, 0.717) is 17.7 Å². The Kier molecular flexibility index (Phi) is 3.73. The Bertz CT molecular complexity index is 531. The Morgan fingerprint density at radius 2 is 2.14 bits per heavy atom. The van der Waals surface area contributed by atoms with Gasteiger partial charge in [0.05, 0.1) is 6.10 Å². The number of likely N-dealkylation sites (tertiary alicyclic amines) is 1. The number of amides is 1. The van der Waals surface area contributed by atoms with E-state index in [0.717, 1.165) is 32.1 Å². The molecule has 1 spiro atoms. The number of piperidine rings is 1. The maximum atomic E-state index is 12.9. The van der Waals surface area contributed by atoms with Crippen LogP contribution in [0.2, 0.25) is 0 Å². The van der Waals surface area contributed by atoms with Crippen molar-refractivity contribution in [1.29, 1.82) is 0 Å². The van der Waals surface area contributed by atoms with E-state index < -0.39 is 6.55 Å². The minimum absolute atomic E-state index is 0.0227. The summed E-state index contributed by atoms with van der Waals surface area (Å²) in [5.41, 5.74) is -0.203. The molecule has 0 unspecified atom stereocenters. The van der Waals surface area contributed by atoms with Crippen LogP contribution in [0.1, 0.15) is 49.1 Å². The molecule has 1 aromatic rings. The van der Waals surface area contributed by atoms with Gasteiger partial charge in [0.2, 0.25) is 0 Å². The van der Waals surface area contributed by atoms with Crippen LogP contribution in [0.4, 0.5) is 8.78 Å². The number of aliphatic hydroxyl groups excluding tert-OH is 1. The zero-order chi connectivity index (χ0) is 15.0. The van der Waals surface area contributed by atoms with Crippen molar-refractivity contribution < 1.29 is 18.7 Å². The molecule has 0 radical (unpaired) electrons. The molecule has 0 aromatic carbocycles. The van der Waals surface area contributed by atoms with Crippen LogP contribution in [0.15, 0.2) is 18.3 Å². The fourth-order valence-electron chi connectivity index (χ4n) is 3.84. The Hall–Kier alpha value is -1.43. The number of aromatic nitrogens is 1. The number of nitrogens with zero attached hydrogens (tertiary/aromatic N) is 2. The van der Waals surface area contributed by atoms with Gasteiger partial charge < -0.3 is 10.0 Å². The minimum atomic E-state index is -2.71. The van der Waals surface area contributed by atoms with E-state index in [1.165, 1.54) is 18.3 Å². The van der Waals surface area contributed by atoms with Crippen molar-refractivity contribution in [3.05, 3.63) is 24.0 Å². The van der Waals surface area contributed by atoms with E-state index in [1.54, 1.807) is 4.90 Å². The highest BCUT2D eigenvalue weighted by molar-refractivity contribution is 5.93. The molecule has 2 aliphatic rings. The number of hydrogen-bond acceptors (Lipinski definition) is 2. The number of hydrogen-bond donors (Lipinski definition) is 1. The average Bonchev–Trinajstić information content (AvgIpc) is 3.07. The van der Waals surface area contributed by atoms with E-state index >= 15 is 0 Å². The van der Waals surface area contributed by atoms with Gasteiger partial charge in [0, 0.05) is 24.7 Å². The fourth-order valence-corrected chi connectivity index (χ4v) is 3.84. The molecule has 1 N–H and O–H groups in total. The molecule has 21 heavy (non-hydrogen) atoms. The summed E-state index contributed by atoms with van der Waals surface area (Å²) < 4.78 is 26.5. The zero-order valence-electron chi connectivity index (χ0n) is 11.8. The number of carbonyl (C=O) groups is 1. The SMILES string of the molecule is O=C(c1cccn1C(F)F)N1CCC[C@]2(CCC[C@H]2O)C1. The second-order valence-electron chi connectivity index (χ2n) is 6.18. The topological polar surface area (TPSA) is 45.5 Å². The lowest BCUT2D eigenvalue weighted by atomic mass is 9.76. The molecule has 116 valence electrons. The van der Waals surface area contributed by atoms with E-state index in [1.807, 2.05) is 0 Å². The van der Waals surface area contributed by atoms with E-state index in [-0.39, 0.29) is 23.1 Å². The van der Waals surface area contributed by atoms with Crippen molar-refractivity contribution >= 4 is 5.91 Å². The molecule has 1 saturated carbocycles. The first-order valence-electron chi connectivity index (χ1n) is 7.46. The van der Waals surface area contributed by atoms with Gasteiger partial charge in [-0.3, -0.25) is 9.36 Å². The Balaban J connectivity index is 1.80. The third kappa shape index (κ3) is 2.46. The second-order valence-corrected chi connectivity index (χ2v) is 6.18. The van der Waals surface area contributed by atoms with Gasteiger partial charge in [-0.25, -0.2) is 0 Å². The molecule has 1 aliphatic heterocycles. The van der Waals surface area contributed by atoms with Crippen molar-refractivity contribution in [2.75, 3.05) is 13.1 Å². The Morgan fingerprint density at radius 1 is 1.38 bits per heavy atom. The van der Waals surface area contributed by atoms with Gasteiger partial charge in [0.25, 0.3) is 5.91 Å². The third-order valence-electron chi connectivity index (χ3n) is 4.96. The van der Waals surface area contributed by atoms with Crippen molar-refractivity contribution in [3.8, 4) is 0 Å². The molecule has 1 aliphatic carbocycles. The quantitative estimate of drug-likeness (QED) is 0.912.